The number of benzene rings is 2. The molecule has 0 amide bonds. The van der Waals surface area contributed by atoms with Crippen molar-refractivity contribution in [2.24, 2.45) is 0 Å². The van der Waals surface area contributed by atoms with Gasteiger partial charge in [0.2, 0.25) is 10.0 Å². The predicted octanol–water partition coefficient (Wildman–Crippen LogP) is 4.88. The van der Waals surface area contributed by atoms with Crippen molar-refractivity contribution in [3.63, 3.8) is 0 Å². The van der Waals surface area contributed by atoms with Gasteiger partial charge >= 0.3 is 0 Å². The standard InChI is InChI=1S/C19H16BrClFN3O2S2/c20-14-2-1-3-17(10-14)29(26,27)25-6-4-24(5-7-25)19-23-18(12-28-19)13-8-15(21)11-16(22)9-13/h1-3,8-12H,4-7H2. The summed E-state index contributed by atoms with van der Waals surface area (Å²) in [7, 11) is -3.53. The molecular formula is C19H16BrClFN3O2S2. The monoisotopic (exact) mass is 515 g/mol. The average molecular weight is 517 g/mol. The number of halogens is 3. The van der Waals surface area contributed by atoms with Gasteiger partial charge in [-0.1, -0.05) is 33.6 Å². The van der Waals surface area contributed by atoms with E-state index < -0.39 is 15.8 Å². The van der Waals surface area contributed by atoms with E-state index in [9.17, 15) is 12.8 Å². The molecule has 4 rings (SSSR count). The third-order valence-electron chi connectivity index (χ3n) is 4.59. The van der Waals surface area contributed by atoms with Gasteiger partial charge in [-0.15, -0.1) is 11.3 Å². The van der Waals surface area contributed by atoms with E-state index in [0.29, 0.717) is 42.5 Å². The summed E-state index contributed by atoms with van der Waals surface area (Å²) in [4.78, 5) is 6.91. The van der Waals surface area contributed by atoms with E-state index in [0.717, 1.165) is 9.60 Å². The highest BCUT2D eigenvalue weighted by atomic mass is 79.9. The SMILES string of the molecule is O=S(=O)(c1cccc(Br)c1)N1CCN(c2nc(-c3cc(F)cc(Cl)c3)cs2)CC1. The molecule has 1 fully saturated rings. The highest BCUT2D eigenvalue weighted by Crippen LogP contribution is 2.31. The van der Waals surface area contributed by atoms with Crippen LogP contribution in [0.1, 0.15) is 0 Å². The smallest absolute Gasteiger partial charge is 0.243 e. The predicted molar refractivity (Wildman–Crippen MR) is 118 cm³/mol. The van der Waals surface area contributed by atoms with E-state index in [4.69, 9.17) is 11.6 Å². The van der Waals surface area contributed by atoms with Gasteiger partial charge in [-0.3, -0.25) is 0 Å². The number of piperazine rings is 1. The van der Waals surface area contributed by atoms with Gasteiger partial charge in [-0.25, -0.2) is 17.8 Å². The zero-order valence-corrected chi connectivity index (χ0v) is 19.0. The molecule has 5 nitrogen and oxygen atoms in total. The van der Waals surface area contributed by atoms with Gasteiger partial charge < -0.3 is 4.90 Å². The summed E-state index contributed by atoms with van der Waals surface area (Å²) in [5, 5.41) is 2.95. The van der Waals surface area contributed by atoms with Crippen molar-refractivity contribution in [2.45, 2.75) is 4.90 Å². The Balaban J connectivity index is 1.47. The number of nitrogens with zero attached hydrogens (tertiary/aromatic N) is 3. The molecule has 0 atom stereocenters. The molecule has 1 aliphatic rings. The Labute approximate surface area is 185 Å². The van der Waals surface area contributed by atoms with Gasteiger partial charge in [0.05, 0.1) is 10.6 Å². The molecule has 0 spiro atoms. The van der Waals surface area contributed by atoms with Crippen molar-refractivity contribution < 1.29 is 12.8 Å². The maximum Gasteiger partial charge on any atom is 0.243 e. The summed E-state index contributed by atoms with van der Waals surface area (Å²) in [6, 6.07) is 11.0. The largest absolute Gasteiger partial charge is 0.345 e. The first-order chi connectivity index (χ1) is 13.8. The number of hydrogen-bond acceptors (Lipinski definition) is 5. The lowest BCUT2D eigenvalue weighted by molar-refractivity contribution is 0.385. The molecule has 0 radical (unpaired) electrons. The first-order valence-corrected chi connectivity index (χ1v) is 12.2. The lowest BCUT2D eigenvalue weighted by Crippen LogP contribution is -2.48. The first-order valence-electron chi connectivity index (χ1n) is 8.75. The Hall–Kier alpha value is -1.52. The fourth-order valence-electron chi connectivity index (χ4n) is 3.14. The van der Waals surface area contributed by atoms with Crippen LogP contribution < -0.4 is 4.90 Å². The number of hydrogen-bond donors (Lipinski definition) is 0. The Kier molecular flexibility index (Phi) is 5.94. The topological polar surface area (TPSA) is 53.5 Å². The van der Waals surface area contributed by atoms with Crippen LogP contribution in [0, 0.1) is 5.82 Å². The molecule has 1 aliphatic heterocycles. The maximum absolute atomic E-state index is 13.6. The Morgan fingerprint density at radius 3 is 2.55 bits per heavy atom. The zero-order chi connectivity index (χ0) is 20.6. The minimum atomic E-state index is -3.53. The van der Waals surface area contributed by atoms with Crippen LogP contribution in [0.4, 0.5) is 9.52 Å². The highest BCUT2D eigenvalue weighted by molar-refractivity contribution is 9.10. The summed E-state index contributed by atoms with van der Waals surface area (Å²) >= 11 is 10.7. The molecule has 0 N–H and O–H groups in total. The lowest BCUT2D eigenvalue weighted by atomic mass is 10.2. The van der Waals surface area contributed by atoms with E-state index in [1.165, 1.54) is 27.8 Å². The van der Waals surface area contributed by atoms with Gasteiger partial charge in [-0.2, -0.15) is 4.31 Å². The van der Waals surface area contributed by atoms with Gasteiger partial charge in [-0.05, 0) is 36.4 Å². The third-order valence-corrected chi connectivity index (χ3v) is 8.10. The summed E-state index contributed by atoms with van der Waals surface area (Å²) in [6.45, 7) is 1.80. The Morgan fingerprint density at radius 1 is 1.10 bits per heavy atom. The third kappa shape index (κ3) is 4.49. The van der Waals surface area contributed by atoms with Crippen LogP contribution in [0.25, 0.3) is 11.3 Å². The van der Waals surface area contributed by atoms with Crippen LogP contribution in [-0.4, -0.2) is 43.9 Å². The zero-order valence-electron chi connectivity index (χ0n) is 15.1. The van der Waals surface area contributed by atoms with Crippen molar-refractivity contribution >= 4 is 54.0 Å². The summed E-state index contributed by atoms with van der Waals surface area (Å²) in [5.41, 5.74) is 1.27. The number of sulfonamides is 1. The van der Waals surface area contributed by atoms with Crippen molar-refractivity contribution in [3.05, 3.63) is 63.2 Å². The molecule has 0 unspecified atom stereocenters. The van der Waals surface area contributed by atoms with Crippen LogP contribution in [0.5, 0.6) is 0 Å². The van der Waals surface area contributed by atoms with Gasteiger partial charge in [0.15, 0.2) is 5.13 Å². The molecule has 0 saturated carbocycles. The molecule has 29 heavy (non-hydrogen) atoms. The van der Waals surface area contributed by atoms with Crippen LogP contribution in [-0.2, 0) is 10.0 Å². The summed E-state index contributed by atoms with van der Waals surface area (Å²) in [5.74, 6) is -0.409. The first kappa shape index (κ1) is 20.7. The second kappa shape index (κ2) is 8.31. The number of aromatic nitrogens is 1. The van der Waals surface area contributed by atoms with Crippen molar-refractivity contribution in [2.75, 3.05) is 31.1 Å². The molecule has 2 aromatic carbocycles. The number of anilines is 1. The summed E-state index contributed by atoms with van der Waals surface area (Å²) < 4.78 is 41.6. The normalized spacial score (nSPS) is 15.6. The number of rotatable bonds is 4. The van der Waals surface area contributed by atoms with Crippen molar-refractivity contribution in [1.82, 2.24) is 9.29 Å². The molecule has 1 saturated heterocycles. The Bertz CT molecular complexity index is 1130. The van der Waals surface area contributed by atoms with Gasteiger partial charge in [0.1, 0.15) is 5.82 Å². The second-order valence-electron chi connectivity index (χ2n) is 6.52. The van der Waals surface area contributed by atoms with E-state index in [1.54, 1.807) is 30.3 Å². The fourth-order valence-corrected chi connectivity index (χ4v) is 6.27. The van der Waals surface area contributed by atoms with E-state index in [2.05, 4.69) is 20.9 Å². The van der Waals surface area contributed by atoms with Crippen LogP contribution in [0.15, 0.2) is 57.2 Å². The van der Waals surface area contributed by atoms with Crippen LogP contribution >= 0.6 is 38.9 Å². The average Bonchev–Trinajstić information content (AvgIpc) is 3.18. The Morgan fingerprint density at radius 2 is 1.86 bits per heavy atom. The van der Waals surface area contributed by atoms with Crippen molar-refractivity contribution in [3.8, 4) is 11.3 Å². The molecule has 2 heterocycles. The second-order valence-corrected chi connectivity index (χ2v) is 10.6. The van der Waals surface area contributed by atoms with Crippen LogP contribution in [0.3, 0.4) is 0 Å². The molecular weight excluding hydrogens is 501 g/mol. The fraction of sp³-hybridized carbons (Fsp3) is 0.211. The molecule has 0 aliphatic carbocycles. The van der Waals surface area contributed by atoms with Gasteiger partial charge in [0.25, 0.3) is 0 Å². The molecule has 1 aromatic heterocycles. The minimum Gasteiger partial charge on any atom is -0.345 e. The molecule has 152 valence electrons. The lowest BCUT2D eigenvalue weighted by Gasteiger charge is -2.33. The quantitative estimate of drug-likeness (QED) is 0.496. The van der Waals surface area contributed by atoms with Crippen LogP contribution in [0.2, 0.25) is 5.02 Å². The molecule has 3 aromatic rings. The number of thiazole rings is 1. The van der Waals surface area contributed by atoms with E-state index in [-0.39, 0.29) is 4.90 Å². The summed E-state index contributed by atoms with van der Waals surface area (Å²) in [6.07, 6.45) is 0. The minimum absolute atomic E-state index is 0.278. The molecule has 0 bridgehead atoms. The van der Waals surface area contributed by atoms with Crippen molar-refractivity contribution in [1.29, 1.82) is 0 Å². The highest BCUT2D eigenvalue weighted by Gasteiger charge is 2.29. The van der Waals surface area contributed by atoms with E-state index in [1.807, 2.05) is 10.3 Å². The van der Waals surface area contributed by atoms with Gasteiger partial charge in [0, 0.05) is 46.6 Å². The maximum atomic E-state index is 13.6. The molecule has 10 heteroatoms. The van der Waals surface area contributed by atoms with E-state index >= 15 is 0 Å².